The van der Waals surface area contributed by atoms with Gasteiger partial charge in [-0.2, -0.15) is 0 Å². The van der Waals surface area contributed by atoms with Gasteiger partial charge in [0, 0.05) is 19.3 Å². The molecule has 116 valence electrons. The van der Waals surface area contributed by atoms with Crippen LogP contribution in [0.5, 0.6) is 0 Å². The molecule has 1 N–H and O–H groups in total. The molecular weight excluding hydrogens is 298 g/mol. The van der Waals surface area contributed by atoms with E-state index < -0.39 is 10.0 Å². The Bertz CT molecular complexity index is 699. The minimum Gasteiger partial charge on any atom is -0.353 e. The molecule has 3 rings (SSSR count). The molecule has 0 spiro atoms. The molecule has 0 radical (unpaired) electrons. The number of anilines is 1. The van der Waals surface area contributed by atoms with Gasteiger partial charge in [0.15, 0.2) is 0 Å². The molecule has 1 aliphatic heterocycles. The molecule has 1 aliphatic rings. The molecule has 2 heterocycles. The van der Waals surface area contributed by atoms with Crippen molar-refractivity contribution in [1.82, 2.24) is 9.71 Å². The minimum atomic E-state index is -3.24. The molecular formula is C16H19N3O2S. The van der Waals surface area contributed by atoms with Crippen LogP contribution >= 0.6 is 0 Å². The van der Waals surface area contributed by atoms with E-state index in [-0.39, 0.29) is 11.8 Å². The van der Waals surface area contributed by atoms with E-state index in [2.05, 4.69) is 14.6 Å². The first-order valence-corrected chi connectivity index (χ1v) is 8.97. The van der Waals surface area contributed by atoms with E-state index in [1.165, 1.54) is 0 Å². The molecule has 0 bridgehead atoms. The van der Waals surface area contributed by atoms with Gasteiger partial charge < -0.3 is 4.90 Å². The van der Waals surface area contributed by atoms with E-state index in [1.54, 1.807) is 6.20 Å². The van der Waals surface area contributed by atoms with Gasteiger partial charge in [0.05, 0.1) is 11.8 Å². The molecule has 22 heavy (non-hydrogen) atoms. The van der Waals surface area contributed by atoms with Crippen LogP contribution in [0.3, 0.4) is 0 Å². The van der Waals surface area contributed by atoms with Crippen molar-refractivity contribution in [3.63, 3.8) is 0 Å². The summed E-state index contributed by atoms with van der Waals surface area (Å²) in [5.74, 6) is 1.01. The van der Waals surface area contributed by atoms with Gasteiger partial charge in [-0.05, 0) is 24.1 Å². The number of nitrogens with one attached hydrogen (secondary N) is 1. The smallest absolute Gasteiger partial charge is 0.212 e. The molecule has 0 saturated carbocycles. The fraction of sp³-hybridized carbons (Fsp3) is 0.312. The van der Waals surface area contributed by atoms with E-state index >= 15 is 0 Å². The van der Waals surface area contributed by atoms with Crippen LogP contribution in [0.2, 0.25) is 0 Å². The third kappa shape index (κ3) is 3.84. The summed E-state index contributed by atoms with van der Waals surface area (Å²) in [6.45, 7) is 1.34. The number of pyridine rings is 1. The number of hydrogen-bond acceptors (Lipinski definition) is 4. The third-order valence-electron chi connectivity index (χ3n) is 3.70. The van der Waals surface area contributed by atoms with Crippen molar-refractivity contribution in [3.8, 4) is 0 Å². The molecule has 2 aromatic rings. The molecule has 0 unspecified atom stereocenters. The highest BCUT2D eigenvalue weighted by Crippen LogP contribution is 2.18. The number of aromatic nitrogens is 1. The fourth-order valence-corrected chi connectivity index (χ4v) is 3.77. The van der Waals surface area contributed by atoms with Gasteiger partial charge in [-0.3, -0.25) is 0 Å². The van der Waals surface area contributed by atoms with Gasteiger partial charge in [-0.25, -0.2) is 18.1 Å². The second-order valence-corrected chi connectivity index (χ2v) is 7.34. The Kier molecular flexibility index (Phi) is 4.40. The third-order valence-corrected chi connectivity index (χ3v) is 5.14. The molecule has 5 nitrogen and oxygen atoms in total. The van der Waals surface area contributed by atoms with Crippen molar-refractivity contribution in [1.29, 1.82) is 0 Å². The number of aryl methyl sites for hydroxylation is 1. The maximum Gasteiger partial charge on any atom is 0.212 e. The van der Waals surface area contributed by atoms with E-state index in [4.69, 9.17) is 0 Å². The van der Waals surface area contributed by atoms with Crippen LogP contribution in [0.4, 0.5) is 5.82 Å². The second kappa shape index (κ2) is 6.46. The summed E-state index contributed by atoms with van der Waals surface area (Å²) < 4.78 is 27.0. The first-order valence-electron chi connectivity index (χ1n) is 7.32. The van der Waals surface area contributed by atoms with Crippen molar-refractivity contribution in [2.45, 2.75) is 12.5 Å². The monoisotopic (exact) mass is 317 g/mol. The van der Waals surface area contributed by atoms with Crippen molar-refractivity contribution >= 4 is 15.8 Å². The molecule has 6 heteroatoms. The molecule has 1 aromatic carbocycles. The second-order valence-electron chi connectivity index (χ2n) is 5.46. The SMILES string of the molecule is O=S(=O)(CCc1ccccc1)NC1CN(c2ccccn2)C1. The lowest BCUT2D eigenvalue weighted by atomic mass is 10.1. The zero-order chi connectivity index (χ0) is 15.4. The van der Waals surface area contributed by atoms with E-state index in [0.717, 1.165) is 11.4 Å². The highest BCUT2D eigenvalue weighted by Gasteiger charge is 2.30. The molecule has 0 amide bonds. The maximum absolute atomic E-state index is 12.1. The van der Waals surface area contributed by atoms with Gasteiger partial charge in [0.1, 0.15) is 5.82 Å². The quantitative estimate of drug-likeness (QED) is 0.875. The summed E-state index contributed by atoms with van der Waals surface area (Å²) >= 11 is 0. The summed E-state index contributed by atoms with van der Waals surface area (Å²) in [6, 6.07) is 15.4. The normalized spacial score (nSPS) is 15.5. The van der Waals surface area contributed by atoms with Crippen molar-refractivity contribution < 1.29 is 8.42 Å². The van der Waals surface area contributed by atoms with Gasteiger partial charge in [0.25, 0.3) is 0 Å². The Balaban J connectivity index is 1.47. The predicted molar refractivity (Wildman–Crippen MR) is 87.3 cm³/mol. The van der Waals surface area contributed by atoms with Gasteiger partial charge in [0.2, 0.25) is 10.0 Å². The molecule has 0 atom stereocenters. The lowest BCUT2D eigenvalue weighted by molar-refractivity contribution is 0.466. The highest BCUT2D eigenvalue weighted by molar-refractivity contribution is 7.89. The average Bonchev–Trinajstić information content (AvgIpc) is 2.51. The number of hydrogen-bond donors (Lipinski definition) is 1. The van der Waals surface area contributed by atoms with Crippen LogP contribution in [0.25, 0.3) is 0 Å². The summed E-state index contributed by atoms with van der Waals surface area (Å²) in [6.07, 6.45) is 2.28. The summed E-state index contributed by atoms with van der Waals surface area (Å²) in [4.78, 5) is 6.32. The predicted octanol–water partition coefficient (Wildman–Crippen LogP) is 1.43. The van der Waals surface area contributed by atoms with Crippen LogP contribution in [0, 0.1) is 0 Å². The highest BCUT2D eigenvalue weighted by atomic mass is 32.2. The molecule has 1 aromatic heterocycles. The zero-order valence-electron chi connectivity index (χ0n) is 12.2. The van der Waals surface area contributed by atoms with Gasteiger partial charge >= 0.3 is 0 Å². The van der Waals surface area contributed by atoms with E-state index in [1.807, 2.05) is 48.5 Å². The zero-order valence-corrected chi connectivity index (χ0v) is 13.0. The standard InChI is InChI=1S/C16H19N3O2S/c20-22(21,11-9-14-6-2-1-3-7-14)18-15-12-19(13-15)16-8-4-5-10-17-16/h1-8,10,15,18H,9,11-13H2. The average molecular weight is 317 g/mol. The Morgan fingerprint density at radius 2 is 1.82 bits per heavy atom. The van der Waals surface area contributed by atoms with Crippen LogP contribution in [-0.2, 0) is 16.4 Å². The van der Waals surface area contributed by atoms with Gasteiger partial charge in [-0.1, -0.05) is 36.4 Å². The van der Waals surface area contributed by atoms with Gasteiger partial charge in [-0.15, -0.1) is 0 Å². The van der Waals surface area contributed by atoms with Crippen LogP contribution < -0.4 is 9.62 Å². The largest absolute Gasteiger partial charge is 0.353 e. The molecule has 1 saturated heterocycles. The summed E-state index contributed by atoms with van der Waals surface area (Å²) in [5.41, 5.74) is 1.04. The number of rotatable bonds is 6. The lowest BCUT2D eigenvalue weighted by Gasteiger charge is -2.40. The van der Waals surface area contributed by atoms with Crippen LogP contribution in [-0.4, -0.2) is 38.3 Å². The first-order chi connectivity index (χ1) is 10.6. The molecule has 1 fully saturated rings. The van der Waals surface area contributed by atoms with Crippen molar-refractivity contribution in [2.24, 2.45) is 0 Å². The topological polar surface area (TPSA) is 62.3 Å². The van der Waals surface area contributed by atoms with E-state index in [9.17, 15) is 8.42 Å². The summed E-state index contributed by atoms with van der Waals surface area (Å²) in [7, 11) is -3.24. The minimum absolute atomic E-state index is 0.0252. The number of benzene rings is 1. The first kappa shape index (κ1) is 15.0. The Labute approximate surface area is 131 Å². The Morgan fingerprint density at radius 3 is 2.50 bits per heavy atom. The molecule has 0 aliphatic carbocycles. The Hall–Kier alpha value is -1.92. The van der Waals surface area contributed by atoms with E-state index in [0.29, 0.717) is 19.5 Å². The van der Waals surface area contributed by atoms with Crippen LogP contribution in [0.1, 0.15) is 5.56 Å². The Morgan fingerprint density at radius 1 is 1.09 bits per heavy atom. The van der Waals surface area contributed by atoms with Crippen molar-refractivity contribution in [3.05, 3.63) is 60.3 Å². The fourth-order valence-electron chi connectivity index (χ4n) is 2.49. The number of nitrogens with zero attached hydrogens (tertiary/aromatic N) is 2. The van der Waals surface area contributed by atoms with Crippen molar-refractivity contribution in [2.75, 3.05) is 23.7 Å². The lowest BCUT2D eigenvalue weighted by Crippen LogP contribution is -2.60. The summed E-state index contributed by atoms with van der Waals surface area (Å²) in [5, 5.41) is 0. The number of sulfonamides is 1. The maximum atomic E-state index is 12.1. The van der Waals surface area contributed by atoms with Crippen LogP contribution in [0.15, 0.2) is 54.7 Å².